The van der Waals surface area contributed by atoms with Gasteiger partial charge in [-0.3, -0.25) is 0 Å². The van der Waals surface area contributed by atoms with E-state index in [1.807, 2.05) is 0 Å². The molecule has 0 aromatic heterocycles. The van der Waals surface area contributed by atoms with Gasteiger partial charge in [-0.1, -0.05) is 10.8 Å². The summed E-state index contributed by atoms with van der Waals surface area (Å²) in [5.41, 5.74) is 0. The SMILES string of the molecule is OC(CF)CSS. The predicted octanol–water partition coefficient (Wildman–Crippen LogP) is 0.895. The number of thiol groups is 1. The van der Waals surface area contributed by atoms with Crippen molar-refractivity contribution in [1.29, 1.82) is 0 Å². The number of hydrogen-bond donors (Lipinski definition) is 2. The average molecular weight is 142 g/mol. The third kappa shape index (κ3) is 4.44. The third-order valence-electron chi connectivity index (χ3n) is 0.445. The quantitative estimate of drug-likeness (QED) is 0.451. The molecule has 0 saturated heterocycles. The van der Waals surface area contributed by atoms with Gasteiger partial charge in [0.1, 0.15) is 6.67 Å². The first-order valence-corrected chi connectivity index (χ1v) is 3.85. The topological polar surface area (TPSA) is 20.2 Å². The van der Waals surface area contributed by atoms with E-state index in [1.165, 1.54) is 0 Å². The lowest BCUT2D eigenvalue weighted by Gasteiger charge is -1.98. The van der Waals surface area contributed by atoms with Crippen LogP contribution in [0.1, 0.15) is 0 Å². The number of aliphatic hydroxyl groups is 1. The van der Waals surface area contributed by atoms with Crippen molar-refractivity contribution < 1.29 is 9.50 Å². The minimum atomic E-state index is -0.831. The molecule has 0 aromatic carbocycles. The summed E-state index contributed by atoms with van der Waals surface area (Å²) in [6.45, 7) is -0.673. The molecule has 1 nitrogen and oxygen atoms in total. The molecule has 0 fully saturated rings. The fourth-order valence-corrected chi connectivity index (χ4v) is 0.908. The Kier molecular flexibility index (Phi) is 5.14. The highest BCUT2D eigenvalue weighted by Gasteiger charge is 1.98. The Bertz CT molecular complexity index is 43.9. The summed E-state index contributed by atoms with van der Waals surface area (Å²) in [5.74, 6) is 0.361. The van der Waals surface area contributed by atoms with Gasteiger partial charge < -0.3 is 5.11 Å². The summed E-state index contributed by atoms with van der Waals surface area (Å²) >= 11 is 3.70. The molecule has 0 spiro atoms. The summed E-state index contributed by atoms with van der Waals surface area (Å²) in [4.78, 5) is 0. The molecule has 0 rings (SSSR count). The van der Waals surface area contributed by atoms with Crippen LogP contribution in [0.2, 0.25) is 0 Å². The van der Waals surface area contributed by atoms with Gasteiger partial charge >= 0.3 is 0 Å². The van der Waals surface area contributed by atoms with Crippen LogP contribution in [-0.2, 0) is 0 Å². The Morgan fingerprint density at radius 3 is 2.57 bits per heavy atom. The van der Waals surface area contributed by atoms with E-state index >= 15 is 0 Å². The highest BCUT2D eigenvalue weighted by molar-refractivity contribution is 8.68. The van der Waals surface area contributed by atoms with Crippen LogP contribution in [0, 0.1) is 0 Å². The molecule has 1 N–H and O–H groups in total. The molecule has 0 aliphatic carbocycles. The van der Waals surface area contributed by atoms with E-state index in [-0.39, 0.29) is 0 Å². The standard InChI is InChI=1S/C3H7FOS2/c4-1-3(5)2-7-6/h3,5-6H,1-2H2. The van der Waals surface area contributed by atoms with E-state index in [9.17, 15) is 4.39 Å². The maximum Gasteiger partial charge on any atom is 0.116 e. The molecule has 0 heterocycles. The summed E-state index contributed by atoms with van der Waals surface area (Å²) in [6, 6.07) is 0. The van der Waals surface area contributed by atoms with Crippen molar-refractivity contribution in [2.45, 2.75) is 6.10 Å². The molecule has 7 heavy (non-hydrogen) atoms. The lowest BCUT2D eigenvalue weighted by molar-refractivity contribution is 0.162. The summed E-state index contributed by atoms with van der Waals surface area (Å²) in [6.07, 6.45) is -0.831. The Morgan fingerprint density at radius 1 is 1.86 bits per heavy atom. The van der Waals surface area contributed by atoms with Crippen LogP contribution in [0.15, 0.2) is 0 Å². The average Bonchev–Trinajstić information content (AvgIpc) is 1.68. The smallest absolute Gasteiger partial charge is 0.116 e. The molecular weight excluding hydrogens is 135 g/mol. The fourth-order valence-electron chi connectivity index (χ4n) is 0.131. The van der Waals surface area contributed by atoms with Crippen molar-refractivity contribution in [2.75, 3.05) is 12.4 Å². The lowest BCUT2D eigenvalue weighted by atomic mass is 10.5. The fraction of sp³-hybridized carbons (Fsp3) is 1.00. The predicted molar refractivity (Wildman–Crippen MR) is 33.4 cm³/mol. The molecule has 1 atom stereocenters. The van der Waals surface area contributed by atoms with Crippen LogP contribution in [0.4, 0.5) is 4.39 Å². The molecule has 0 aromatic rings. The zero-order valence-electron chi connectivity index (χ0n) is 3.67. The minimum absolute atomic E-state index is 0.361. The molecule has 44 valence electrons. The van der Waals surface area contributed by atoms with Crippen LogP contribution in [-0.4, -0.2) is 23.6 Å². The zero-order chi connectivity index (χ0) is 5.70. The van der Waals surface area contributed by atoms with Gasteiger partial charge in [-0.25, -0.2) is 4.39 Å². The lowest BCUT2D eigenvalue weighted by Crippen LogP contribution is -2.10. The summed E-state index contributed by atoms with van der Waals surface area (Å²) < 4.78 is 11.3. The Labute approximate surface area is 51.1 Å². The van der Waals surface area contributed by atoms with E-state index in [0.717, 1.165) is 10.8 Å². The van der Waals surface area contributed by atoms with Crippen LogP contribution < -0.4 is 0 Å². The van der Waals surface area contributed by atoms with Crippen LogP contribution in [0.3, 0.4) is 0 Å². The number of halogens is 1. The van der Waals surface area contributed by atoms with Crippen molar-refractivity contribution in [1.82, 2.24) is 0 Å². The maximum absolute atomic E-state index is 11.3. The van der Waals surface area contributed by atoms with E-state index in [0.29, 0.717) is 5.75 Å². The van der Waals surface area contributed by atoms with Gasteiger partial charge in [-0.15, -0.1) is 11.7 Å². The highest BCUT2D eigenvalue weighted by atomic mass is 33.1. The van der Waals surface area contributed by atoms with E-state index in [2.05, 4.69) is 11.7 Å². The summed E-state index contributed by atoms with van der Waals surface area (Å²) in [7, 11) is 1.14. The second-order valence-electron chi connectivity index (χ2n) is 1.10. The number of rotatable bonds is 3. The first-order chi connectivity index (χ1) is 3.31. The molecule has 0 aliphatic heterocycles. The van der Waals surface area contributed by atoms with Gasteiger partial charge in [0.05, 0.1) is 6.10 Å². The molecule has 0 bridgehead atoms. The molecule has 4 heteroatoms. The van der Waals surface area contributed by atoms with Crippen molar-refractivity contribution in [3.63, 3.8) is 0 Å². The van der Waals surface area contributed by atoms with Gasteiger partial charge in [0.15, 0.2) is 0 Å². The number of hydrogen-bond acceptors (Lipinski definition) is 3. The zero-order valence-corrected chi connectivity index (χ0v) is 5.38. The van der Waals surface area contributed by atoms with E-state index in [1.54, 1.807) is 0 Å². The molecular formula is C3H7FOS2. The second-order valence-corrected chi connectivity index (χ2v) is 2.47. The van der Waals surface area contributed by atoms with Crippen LogP contribution >= 0.6 is 22.5 Å². The number of aliphatic hydroxyl groups excluding tert-OH is 1. The van der Waals surface area contributed by atoms with Crippen molar-refractivity contribution in [2.24, 2.45) is 0 Å². The van der Waals surface area contributed by atoms with Gasteiger partial charge in [-0.2, -0.15) is 0 Å². The molecule has 0 aliphatic rings. The first kappa shape index (κ1) is 7.59. The second kappa shape index (κ2) is 4.74. The number of alkyl halides is 1. The summed E-state index contributed by atoms with van der Waals surface area (Å²) in [5, 5.41) is 8.41. The normalized spacial score (nSPS) is 14.1. The monoisotopic (exact) mass is 142 g/mol. The van der Waals surface area contributed by atoms with Gasteiger partial charge in [0.25, 0.3) is 0 Å². The van der Waals surface area contributed by atoms with E-state index in [4.69, 9.17) is 5.11 Å². The third-order valence-corrected chi connectivity index (χ3v) is 1.43. The van der Waals surface area contributed by atoms with Crippen LogP contribution in [0.25, 0.3) is 0 Å². The van der Waals surface area contributed by atoms with Gasteiger partial charge in [0, 0.05) is 5.75 Å². The van der Waals surface area contributed by atoms with Crippen molar-refractivity contribution in [3.05, 3.63) is 0 Å². The minimum Gasteiger partial charge on any atom is -0.390 e. The van der Waals surface area contributed by atoms with Crippen LogP contribution in [0.5, 0.6) is 0 Å². The highest BCUT2D eigenvalue weighted by Crippen LogP contribution is 2.06. The molecule has 0 radical (unpaired) electrons. The van der Waals surface area contributed by atoms with E-state index < -0.39 is 12.8 Å². The van der Waals surface area contributed by atoms with Gasteiger partial charge in [-0.05, 0) is 0 Å². The van der Waals surface area contributed by atoms with Crippen molar-refractivity contribution in [3.8, 4) is 0 Å². The van der Waals surface area contributed by atoms with Crippen molar-refractivity contribution >= 4 is 22.5 Å². The Morgan fingerprint density at radius 2 is 2.43 bits per heavy atom. The largest absolute Gasteiger partial charge is 0.390 e. The first-order valence-electron chi connectivity index (χ1n) is 1.81. The molecule has 1 unspecified atom stereocenters. The van der Waals surface area contributed by atoms with Gasteiger partial charge in [0.2, 0.25) is 0 Å². The molecule has 0 amide bonds. The maximum atomic E-state index is 11.3. The molecule has 0 saturated carbocycles. The Hall–Kier alpha value is 0.590. The Balaban J connectivity index is 2.83.